The van der Waals surface area contributed by atoms with Gasteiger partial charge < -0.3 is 23.5 Å². The first-order valence-corrected chi connectivity index (χ1v) is 8.43. The second-order valence-corrected chi connectivity index (χ2v) is 5.77. The lowest BCUT2D eigenvalue weighted by molar-refractivity contribution is 0.101. The summed E-state index contributed by atoms with van der Waals surface area (Å²) in [7, 11) is 4.59. The Morgan fingerprint density at radius 2 is 1.82 bits per heavy atom. The van der Waals surface area contributed by atoms with Crippen molar-refractivity contribution in [1.82, 2.24) is 10.1 Å². The molecular formula is C20H20N2O6. The van der Waals surface area contributed by atoms with E-state index >= 15 is 0 Å². The highest BCUT2D eigenvalue weighted by atomic mass is 16.5. The number of carbonyl (C=O) groups excluding carboxylic acids is 1. The van der Waals surface area contributed by atoms with Crippen molar-refractivity contribution in [3.63, 3.8) is 0 Å². The fourth-order valence-electron chi connectivity index (χ4n) is 2.65. The van der Waals surface area contributed by atoms with Gasteiger partial charge in [-0.05, 0) is 31.2 Å². The summed E-state index contributed by atoms with van der Waals surface area (Å²) in [5, 5.41) is 3.99. The summed E-state index contributed by atoms with van der Waals surface area (Å²) in [4.78, 5) is 15.8. The van der Waals surface area contributed by atoms with Crippen LogP contribution in [0, 0.1) is 0 Å². The molecule has 0 radical (unpaired) electrons. The van der Waals surface area contributed by atoms with Crippen LogP contribution < -0.4 is 18.9 Å². The van der Waals surface area contributed by atoms with Gasteiger partial charge in [-0.2, -0.15) is 4.98 Å². The molecule has 0 saturated carbocycles. The summed E-state index contributed by atoms with van der Waals surface area (Å²) < 4.78 is 27.0. The molecule has 0 saturated heterocycles. The minimum absolute atomic E-state index is 0.0360. The maximum atomic E-state index is 11.5. The second-order valence-electron chi connectivity index (χ2n) is 5.77. The lowest BCUT2D eigenvalue weighted by Gasteiger charge is -2.13. The summed E-state index contributed by atoms with van der Waals surface area (Å²) in [6.45, 7) is 1.56. The number of ketones is 1. The third-order valence-corrected chi connectivity index (χ3v) is 4.02. The monoisotopic (exact) mass is 384 g/mol. The van der Waals surface area contributed by atoms with Crippen LogP contribution in [0.1, 0.15) is 23.2 Å². The molecule has 0 bridgehead atoms. The molecule has 0 aliphatic heterocycles. The topological polar surface area (TPSA) is 92.9 Å². The number of nitrogens with zero attached hydrogens (tertiary/aromatic N) is 2. The van der Waals surface area contributed by atoms with Crippen molar-refractivity contribution in [3.05, 3.63) is 47.9 Å². The highest BCUT2D eigenvalue weighted by Crippen LogP contribution is 2.43. The number of carbonyl (C=O) groups is 1. The van der Waals surface area contributed by atoms with E-state index < -0.39 is 0 Å². The summed E-state index contributed by atoms with van der Waals surface area (Å²) >= 11 is 0. The predicted octanol–water partition coefficient (Wildman–Crippen LogP) is 3.54. The molecule has 2 aromatic carbocycles. The van der Waals surface area contributed by atoms with Gasteiger partial charge in [0.15, 0.2) is 23.9 Å². The van der Waals surface area contributed by atoms with Crippen LogP contribution >= 0.6 is 0 Å². The number of hydrogen-bond donors (Lipinski definition) is 0. The first kappa shape index (κ1) is 19.2. The highest BCUT2D eigenvalue weighted by molar-refractivity contribution is 5.94. The van der Waals surface area contributed by atoms with Crippen LogP contribution in [-0.2, 0) is 6.61 Å². The van der Waals surface area contributed by atoms with E-state index in [-0.39, 0.29) is 18.3 Å². The van der Waals surface area contributed by atoms with Gasteiger partial charge in [-0.1, -0.05) is 17.3 Å². The normalized spacial score (nSPS) is 10.4. The Kier molecular flexibility index (Phi) is 5.78. The Hall–Kier alpha value is -3.55. The lowest BCUT2D eigenvalue weighted by Crippen LogP contribution is -1.99. The highest BCUT2D eigenvalue weighted by Gasteiger charge is 2.20. The van der Waals surface area contributed by atoms with Crippen LogP contribution in [0.3, 0.4) is 0 Å². The molecule has 28 heavy (non-hydrogen) atoms. The van der Waals surface area contributed by atoms with Crippen molar-refractivity contribution in [1.29, 1.82) is 0 Å². The number of methoxy groups -OCH3 is 3. The summed E-state index contributed by atoms with van der Waals surface area (Å²) in [6.07, 6.45) is 0. The van der Waals surface area contributed by atoms with E-state index in [1.807, 2.05) is 0 Å². The third kappa shape index (κ3) is 3.90. The molecule has 0 atom stereocenters. The first-order valence-electron chi connectivity index (χ1n) is 8.43. The SMILES string of the molecule is COc1ccc(-c2noc(COc3cccc(C(C)=O)c3)n2)c(OC)c1OC. The molecule has 0 spiro atoms. The Morgan fingerprint density at radius 3 is 2.50 bits per heavy atom. The zero-order valence-electron chi connectivity index (χ0n) is 16.0. The zero-order chi connectivity index (χ0) is 20.1. The molecule has 0 N–H and O–H groups in total. The predicted molar refractivity (Wildman–Crippen MR) is 100 cm³/mol. The minimum atomic E-state index is -0.0360. The van der Waals surface area contributed by atoms with E-state index in [0.29, 0.717) is 39.9 Å². The van der Waals surface area contributed by atoms with Gasteiger partial charge in [0.25, 0.3) is 5.89 Å². The van der Waals surface area contributed by atoms with Crippen LogP contribution in [-0.4, -0.2) is 37.3 Å². The van der Waals surface area contributed by atoms with Crippen molar-refractivity contribution in [2.45, 2.75) is 13.5 Å². The first-order chi connectivity index (χ1) is 13.6. The summed E-state index contributed by atoms with van der Waals surface area (Å²) in [5.74, 6) is 2.51. The third-order valence-electron chi connectivity index (χ3n) is 4.02. The molecule has 0 aliphatic carbocycles. The van der Waals surface area contributed by atoms with E-state index in [2.05, 4.69) is 10.1 Å². The lowest BCUT2D eigenvalue weighted by atomic mass is 10.1. The number of aromatic nitrogens is 2. The smallest absolute Gasteiger partial charge is 0.264 e. The average molecular weight is 384 g/mol. The average Bonchev–Trinajstić information content (AvgIpc) is 3.19. The summed E-state index contributed by atoms with van der Waals surface area (Å²) in [5.41, 5.74) is 1.16. The van der Waals surface area contributed by atoms with Crippen molar-refractivity contribution in [2.75, 3.05) is 21.3 Å². The maximum Gasteiger partial charge on any atom is 0.264 e. The van der Waals surface area contributed by atoms with Gasteiger partial charge in [-0.3, -0.25) is 4.79 Å². The molecule has 8 heteroatoms. The van der Waals surface area contributed by atoms with Gasteiger partial charge >= 0.3 is 0 Å². The molecule has 0 fully saturated rings. The van der Waals surface area contributed by atoms with Crippen LogP contribution in [0.5, 0.6) is 23.0 Å². The van der Waals surface area contributed by atoms with Crippen LogP contribution in [0.4, 0.5) is 0 Å². The molecule has 0 unspecified atom stereocenters. The Bertz CT molecular complexity index is 983. The molecule has 1 heterocycles. The zero-order valence-corrected chi connectivity index (χ0v) is 16.0. The molecule has 1 aromatic heterocycles. The van der Waals surface area contributed by atoms with Gasteiger partial charge in [-0.15, -0.1) is 0 Å². The molecule has 146 valence electrons. The van der Waals surface area contributed by atoms with Gasteiger partial charge in [0.2, 0.25) is 11.6 Å². The Morgan fingerprint density at radius 1 is 1.04 bits per heavy atom. The van der Waals surface area contributed by atoms with Crippen LogP contribution in [0.25, 0.3) is 11.4 Å². The van der Waals surface area contributed by atoms with E-state index in [1.165, 1.54) is 21.1 Å². The van der Waals surface area contributed by atoms with E-state index in [9.17, 15) is 4.79 Å². The van der Waals surface area contributed by atoms with Crippen molar-refractivity contribution >= 4 is 5.78 Å². The van der Waals surface area contributed by atoms with Gasteiger partial charge in [0.05, 0.1) is 26.9 Å². The van der Waals surface area contributed by atoms with Crippen LogP contribution in [0.2, 0.25) is 0 Å². The van der Waals surface area contributed by atoms with Gasteiger partial charge in [0, 0.05) is 5.56 Å². The number of hydrogen-bond acceptors (Lipinski definition) is 8. The number of benzene rings is 2. The Balaban J connectivity index is 1.81. The van der Waals surface area contributed by atoms with Gasteiger partial charge in [-0.25, -0.2) is 0 Å². The molecule has 3 aromatic rings. The van der Waals surface area contributed by atoms with E-state index in [1.54, 1.807) is 43.5 Å². The quantitative estimate of drug-likeness (QED) is 0.545. The number of Topliss-reactive ketones (excluding diaryl/α,β-unsaturated/α-hetero) is 1. The van der Waals surface area contributed by atoms with Crippen molar-refractivity contribution in [3.8, 4) is 34.4 Å². The molecule has 0 amide bonds. The van der Waals surface area contributed by atoms with E-state index in [4.69, 9.17) is 23.5 Å². The summed E-state index contributed by atoms with van der Waals surface area (Å²) in [6, 6.07) is 10.4. The fourth-order valence-corrected chi connectivity index (χ4v) is 2.65. The van der Waals surface area contributed by atoms with Crippen molar-refractivity contribution < 1.29 is 28.3 Å². The molecular weight excluding hydrogens is 364 g/mol. The Labute approximate surface area is 162 Å². The number of ether oxygens (including phenoxy) is 4. The van der Waals surface area contributed by atoms with Gasteiger partial charge in [0.1, 0.15) is 5.75 Å². The standard InChI is InChI=1S/C20H20N2O6/c1-12(23)13-6-5-7-14(10-13)27-11-17-21-20(22-28-17)15-8-9-16(24-2)19(26-4)18(15)25-3/h5-10H,11H2,1-4H3. The molecule has 0 aliphatic rings. The minimum Gasteiger partial charge on any atom is -0.493 e. The maximum absolute atomic E-state index is 11.5. The molecule has 3 rings (SSSR count). The number of rotatable bonds is 8. The van der Waals surface area contributed by atoms with Crippen LogP contribution in [0.15, 0.2) is 40.9 Å². The second kappa shape index (κ2) is 8.43. The van der Waals surface area contributed by atoms with Crippen molar-refractivity contribution in [2.24, 2.45) is 0 Å². The molecule has 8 nitrogen and oxygen atoms in total. The largest absolute Gasteiger partial charge is 0.493 e. The van der Waals surface area contributed by atoms with E-state index in [0.717, 1.165) is 0 Å². The fraction of sp³-hybridized carbons (Fsp3) is 0.250.